The van der Waals surface area contributed by atoms with Crippen LogP contribution in [-0.4, -0.2) is 24.8 Å². The number of carbonyl (C=O) groups is 1. The van der Waals surface area contributed by atoms with Crippen molar-refractivity contribution in [1.29, 1.82) is 0 Å². The van der Waals surface area contributed by atoms with Crippen LogP contribution in [0.2, 0.25) is 0 Å². The van der Waals surface area contributed by atoms with Crippen LogP contribution in [0.5, 0.6) is 5.75 Å². The molecule has 2 heterocycles. The molecule has 1 aliphatic rings. The highest BCUT2D eigenvalue weighted by Crippen LogP contribution is 2.36. The largest absolute Gasteiger partial charge is 0.492 e. The van der Waals surface area contributed by atoms with Gasteiger partial charge in [-0.2, -0.15) is 0 Å². The summed E-state index contributed by atoms with van der Waals surface area (Å²) in [5.74, 6) is 1.29. The van der Waals surface area contributed by atoms with Gasteiger partial charge in [-0.15, -0.1) is 11.3 Å². The van der Waals surface area contributed by atoms with E-state index in [1.165, 1.54) is 4.88 Å². The lowest BCUT2D eigenvalue weighted by atomic mass is 10.0. The topological polar surface area (TPSA) is 47.6 Å². The maximum absolute atomic E-state index is 11.7. The summed E-state index contributed by atoms with van der Waals surface area (Å²) in [7, 11) is 0. The van der Waals surface area contributed by atoms with Crippen molar-refractivity contribution < 1.29 is 14.3 Å². The minimum absolute atomic E-state index is 0.324. The van der Waals surface area contributed by atoms with E-state index in [0.717, 1.165) is 25.2 Å². The van der Waals surface area contributed by atoms with Gasteiger partial charge in [0.1, 0.15) is 11.4 Å². The summed E-state index contributed by atoms with van der Waals surface area (Å²) < 4.78 is 10.9. The summed E-state index contributed by atoms with van der Waals surface area (Å²) >= 11 is 1.69. The van der Waals surface area contributed by atoms with Gasteiger partial charge in [-0.05, 0) is 45.1 Å². The van der Waals surface area contributed by atoms with Crippen molar-refractivity contribution >= 4 is 17.4 Å². The van der Waals surface area contributed by atoms with Gasteiger partial charge in [-0.3, -0.25) is 0 Å². The fourth-order valence-electron chi connectivity index (χ4n) is 2.08. The molecule has 106 valence electrons. The number of nitrogens with one attached hydrogen (secondary N) is 1. The fraction of sp³-hybridized carbons (Fsp3) is 0.643. The van der Waals surface area contributed by atoms with Gasteiger partial charge in [0, 0.05) is 12.5 Å². The Morgan fingerprint density at radius 2 is 2.37 bits per heavy atom. The number of carbonyl (C=O) groups excluding carboxylic acids is 1. The Morgan fingerprint density at radius 1 is 1.58 bits per heavy atom. The number of rotatable bonds is 2. The Labute approximate surface area is 118 Å². The van der Waals surface area contributed by atoms with Gasteiger partial charge < -0.3 is 14.8 Å². The van der Waals surface area contributed by atoms with Crippen LogP contribution in [0.4, 0.5) is 4.79 Å². The predicted octanol–water partition coefficient (Wildman–Crippen LogP) is 3.53. The number of ether oxygens (including phenoxy) is 2. The molecule has 1 unspecified atom stereocenters. The summed E-state index contributed by atoms with van der Waals surface area (Å²) in [4.78, 5) is 12.9. The molecule has 5 heteroatoms. The van der Waals surface area contributed by atoms with Crippen LogP contribution in [0.1, 0.15) is 44.4 Å². The highest BCUT2D eigenvalue weighted by molar-refractivity contribution is 7.10. The molecule has 0 saturated heterocycles. The summed E-state index contributed by atoms with van der Waals surface area (Å²) in [6, 6.07) is 2.01. The minimum Gasteiger partial charge on any atom is -0.492 e. The average molecular weight is 283 g/mol. The smallest absolute Gasteiger partial charge is 0.407 e. The summed E-state index contributed by atoms with van der Waals surface area (Å²) in [6.07, 6.45) is 1.70. The minimum atomic E-state index is -0.454. The molecular weight excluding hydrogens is 262 g/mol. The lowest BCUT2D eigenvalue weighted by Gasteiger charge is -2.21. The zero-order chi connectivity index (χ0) is 13.9. The van der Waals surface area contributed by atoms with Crippen molar-refractivity contribution in [2.45, 2.75) is 45.1 Å². The molecule has 0 fully saturated rings. The van der Waals surface area contributed by atoms with Gasteiger partial charge in [0.15, 0.2) is 0 Å². The molecule has 0 radical (unpaired) electrons. The first-order chi connectivity index (χ1) is 8.96. The Balaban J connectivity index is 1.91. The van der Waals surface area contributed by atoms with E-state index in [-0.39, 0.29) is 6.09 Å². The van der Waals surface area contributed by atoms with Crippen LogP contribution in [-0.2, 0) is 4.74 Å². The molecule has 0 aromatic carbocycles. The molecule has 1 amide bonds. The lowest BCUT2D eigenvalue weighted by Crippen LogP contribution is -2.34. The van der Waals surface area contributed by atoms with E-state index in [2.05, 4.69) is 5.32 Å². The quantitative estimate of drug-likeness (QED) is 0.903. The summed E-state index contributed by atoms with van der Waals surface area (Å²) in [5.41, 5.74) is -0.454. The first kappa shape index (κ1) is 14.2. The monoisotopic (exact) mass is 283 g/mol. The van der Waals surface area contributed by atoms with Crippen LogP contribution >= 0.6 is 11.3 Å². The molecule has 1 aromatic heterocycles. The van der Waals surface area contributed by atoms with Gasteiger partial charge in [-0.1, -0.05) is 0 Å². The molecule has 0 bridgehead atoms. The zero-order valence-electron chi connectivity index (χ0n) is 11.7. The number of hydrogen-bond donors (Lipinski definition) is 1. The van der Waals surface area contributed by atoms with Crippen molar-refractivity contribution in [2.24, 2.45) is 0 Å². The fourth-order valence-corrected chi connectivity index (χ4v) is 3.06. The molecule has 1 atom stereocenters. The summed E-state index contributed by atoms with van der Waals surface area (Å²) in [5, 5.41) is 4.90. The first-order valence-corrected chi connectivity index (χ1v) is 7.51. The van der Waals surface area contributed by atoms with E-state index in [9.17, 15) is 4.79 Å². The Bertz CT molecular complexity index is 436. The molecule has 0 saturated carbocycles. The van der Waals surface area contributed by atoms with Crippen LogP contribution < -0.4 is 10.1 Å². The normalized spacial score (nSPS) is 19.0. The average Bonchev–Trinajstić information content (AvgIpc) is 2.66. The van der Waals surface area contributed by atoms with Crippen LogP contribution in [0.15, 0.2) is 11.4 Å². The van der Waals surface area contributed by atoms with Crippen molar-refractivity contribution in [2.75, 3.05) is 13.2 Å². The maximum Gasteiger partial charge on any atom is 0.407 e. The van der Waals surface area contributed by atoms with Gasteiger partial charge in [-0.25, -0.2) is 4.79 Å². The molecule has 4 nitrogen and oxygen atoms in total. The van der Waals surface area contributed by atoms with E-state index >= 15 is 0 Å². The Hall–Kier alpha value is -1.23. The third-order valence-corrected chi connectivity index (χ3v) is 3.93. The highest BCUT2D eigenvalue weighted by atomic mass is 32.1. The van der Waals surface area contributed by atoms with Crippen LogP contribution in [0.25, 0.3) is 0 Å². The molecule has 2 rings (SSSR count). The standard InChI is InChI=1S/C14H21NO3S/c1-14(2,3)18-13(16)15-9-10-5-4-7-17-11-6-8-19-12(10)11/h6,8,10H,4-5,7,9H2,1-3H3,(H,15,16). The van der Waals surface area contributed by atoms with E-state index in [0.29, 0.717) is 12.5 Å². The lowest BCUT2D eigenvalue weighted by molar-refractivity contribution is 0.0524. The molecular formula is C14H21NO3S. The molecule has 1 N–H and O–H groups in total. The Morgan fingerprint density at radius 3 is 3.11 bits per heavy atom. The summed E-state index contributed by atoms with van der Waals surface area (Å²) in [6.45, 7) is 6.95. The van der Waals surface area contributed by atoms with E-state index in [1.807, 2.05) is 32.2 Å². The van der Waals surface area contributed by atoms with Crippen LogP contribution in [0, 0.1) is 0 Å². The number of thiophene rings is 1. The van der Waals surface area contributed by atoms with Gasteiger partial charge in [0.2, 0.25) is 0 Å². The molecule has 19 heavy (non-hydrogen) atoms. The van der Waals surface area contributed by atoms with Crippen molar-refractivity contribution in [3.8, 4) is 5.75 Å². The van der Waals surface area contributed by atoms with E-state index < -0.39 is 5.60 Å². The second-order valence-electron chi connectivity index (χ2n) is 5.72. The molecule has 1 aromatic rings. The SMILES string of the molecule is CC(C)(C)OC(=O)NCC1CCCOc2ccsc21. The first-order valence-electron chi connectivity index (χ1n) is 6.63. The van der Waals surface area contributed by atoms with Crippen molar-refractivity contribution in [3.05, 3.63) is 16.3 Å². The van der Waals surface area contributed by atoms with Gasteiger partial charge >= 0.3 is 6.09 Å². The zero-order valence-corrected chi connectivity index (χ0v) is 12.5. The highest BCUT2D eigenvalue weighted by Gasteiger charge is 2.23. The third-order valence-electron chi connectivity index (χ3n) is 2.87. The molecule has 0 spiro atoms. The predicted molar refractivity (Wildman–Crippen MR) is 76.0 cm³/mol. The number of hydrogen-bond acceptors (Lipinski definition) is 4. The van der Waals surface area contributed by atoms with Gasteiger partial charge in [0.05, 0.1) is 11.5 Å². The van der Waals surface area contributed by atoms with Crippen molar-refractivity contribution in [1.82, 2.24) is 5.32 Å². The number of amides is 1. The second kappa shape index (κ2) is 5.82. The Kier molecular flexibility index (Phi) is 4.34. The molecule has 1 aliphatic heterocycles. The van der Waals surface area contributed by atoms with Crippen molar-refractivity contribution in [3.63, 3.8) is 0 Å². The van der Waals surface area contributed by atoms with Gasteiger partial charge in [0.25, 0.3) is 0 Å². The molecule has 0 aliphatic carbocycles. The van der Waals surface area contributed by atoms with Crippen LogP contribution in [0.3, 0.4) is 0 Å². The third kappa shape index (κ3) is 4.13. The number of alkyl carbamates (subject to hydrolysis) is 1. The van der Waals surface area contributed by atoms with E-state index in [1.54, 1.807) is 11.3 Å². The number of fused-ring (bicyclic) bond motifs is 1. The maximum atomic E-state index is 11.7. The van der Waals surface area contributed by atoms with E-state index in [4.69, 9.17) is 9.47 Å². The second-order valence-corrected chi connectivity index (χ2v) is 6.67.